The molecular weight excluding hydrogens is 645 g/mol. The highest BCUT2D eigenvalue weighted by molar-refractivity contribution is 5.70. The summed E-state index contributed by atoms with van der Waals surface area (Å²) < 4.78 is 10.6. The van der Waals surface area contributed by atoms with Crippen LogP contribution in [0.5, 0.6) is 0 Å². The molecule has 5 nitrogen and oxygen atoms in total. The molecule has 5 heteroatoms. The summed E-state index contributed by atoms with van der Waals surface area (Å²) in [5.41, 5.74) is 0. The first-order valence-corrected chi connectivity index (χ1v) is 21.8. The van der Waals surface area contributed by atoms with Crippen LogP contribution in [0.3, 0.4) is 0 Å². The first kappa shape index (κ1) is 49.6. The molecule has 0 fully saturated rings. The lowest BCUT2D eigenvalue weighted by Gasteiger charge is -2.15. The first-order chi connectivity index (χ1) is 25.6. The third-order valence-electron chi connectivity index (χ3n) is 9.28. The van der Waals surface area contributed by atoms with Crippen LogP contribution in [0.1, 0.15) is 206 Å². The van der Waals surface area contributed by atoms with E-state index >= 15 is 0 Å². The number of aliphatic hydroxyl groups is 1. The maximum Gasteiger partial charge on any atom is 0.306 e. The van der Waals surface area contributed by atoms with Crippen molar-refractivity contribution in [3.63, 3.8) is 0 Å². The van der Waals surface area contributed by atoms with Crippen LogP contribution in [0.15, 0.2) is 60.8 Å². The Morgan fingerprint density at radius 1 is 0.442 bits per heavy atom. The zero-order valence-corrected chi connectivity index (χ0v) is 34.1. The molecule has 1 N–H and O–H groups in total. The summed E-state index contributed by atoms with van der Waals surface area (Å²) >= 11 is 0. The Kier molecular flexibility index (Phi) is 41.0. The van der Waals surface area contributed by atoms with E-state index in [4.69, 9.17) is 9.47 Å². The van der Waals surface area contributed by atoms with Crippen LogP contribution in [0.25, 0.3) is 0 Å². The van der Waals surface area contributed by atoms with Crippen molar-refractivity contribution >= 4 is 11.9 Å². The average Bonchev–Trinajstić information content (AvgIpc) is 3.15. The van der Waals surface area contributed by atoms with E-state index in [1.54, 1.807) is 0 Å². The molecule has 0 aromatic heterocycles. The largest absolute Gasteiger partial charge is 0.462 e. The van der Waals surface area contributed by atoms with Gasteiger partial charge in [-0.25, -0.2) is 0 Å². The van der Waals surface area contributed by atoms with Gasteiger partial charge in [-0.1, -0.05) is 171 Å². The van der Waals surface area contributed by atoms with E-state index < -0.39 is 6.10 Å². The minimum atomic E-state index is -0.787. The lowest BCUT2D eigenvalue weighted by Crippen LogP contribution is -2.28. The van der Waals surface area contributed by atoms with Gasteiger partial charge in [-0.05, 0) is 83.5 Å². The maximum atomic E-state index is 12.2. The van der Waals surface area contributed by atoms with E-state index in [2.05, 4.69) is 74.6 Å². The number of allylic oxidation sites excluding steroid dienone is 10. The van der Waals surface area contributed by atoms with E-state index in [0.29, 0.717) is 12.8 Å². The van der Waals surface area contributed by atoms with Gasteiger partial charge in [0.1, 0.15) is 6.61 Å². The number of hydrogen-bond donors (Lipinski definition) is 1. The first-order valence-electron chi connectivity index (χ1n) is 21.8. The highest BCUT2D eigenvalue weighted by atomic mass is 16.6. The van der Waals surface area contributed by atoms with Gasteiger partial charge in [-0.15, -0.1) is 0 Å². The van der Waals surface area contributed by atoms with Gasteiger partial charge in [0, 0.05) is 12.8 Å². The van der Waals surface area contributed by atoms with Gasteiger partial charge in [0.15, 0.2) is 6.10 Å². The van der Waals surface area contributed by atoms with E-state index in [1.165, 1.54) is 116 Å². The molecule has 0 unspecified atom stereocenters. The molecule has 0 heterocycles. The standard InChI is InChI=1S/C47H82O5/c1-3-5-7-9-11-13-15-17-19-21-23-25-27-29-31-33-35-37-39-41-46(49)51-44-45(43-48)52-47(50)42-40-38-36-34-32-30-28-26-24-22-20-18-16-14-12-10-8-6-4-2/h11,13,17-20,23,25,29,31,45,48H,3-10,12,14-16,21-22,24,26-28,30,32-44H2,1-2H3/b13-11+,19-17+,20-18+,25-23+,31-29+/t45-/m0/s1. The molecule has 0 aliphatic carbocycles. The van der Waals surface area contributed by atoms with Crippen LogP contribution >= 0.6 is 0 Å². The molecule has 0 aromatic rings. The quantitative estimate of drug-likeness (QED) is 0.0388. The molecule has 0 aliphatic rings. The maximum absolute atomic E-state index is 12.2. The molecule has 0 bridgehead atoms. The summed E-state index contributed by atoms with van der Waals surface area (Å²) in [4.78, 5) is 24.3. The topological polar surface area (TPSA) is 72.8 Å². The van der Waals surface area contributed by atoms with Crippen LogP contribution in [0.2, 0.25) is 0 Å². The van der Waals surface area contributed by atoms with Gasteiger partial charge in [0.2, 0.25) is 0 Å². The number of carbonyl (C=O) groups excluding carboxylic acids is 2. The Hall–Kier alpha value is -2.40. The van der Waals surface area contributed by atoms with Gasteiger partial charge in [-0.3, -0.25) is 9.59 Å². The summed E-state index contributed by atoms with van der Waals surface area (Å²) in [5.74, 6) is -0.629. The van der Waals surface area contributed by atoms with Gasteiger partial charge in [-0.2, -0.15) is 0 Å². The Labute approximate surface area is 321 Å². The predicted octanol–water partition coefficient (Wildman–Crippen LogP) is 14.0. The number of hydrogen-bond acceptors (Lipinski definition) is 5. The van der Waals surface area contributed by atoms with Crippen LogP contribution in [0, 0.1) is 0 Å². The van der Waals surface area contributed by atoms with Gasteiger partial charge < -0.3 is 14.6 Å². The Balaban J connectivity index is 3.61. The van der Waals surface area contributed by atoms with E-state index in [9.17, 15) is 14.7 Å². The molecule has 0 rings (SSSR count). The lowest BCUT2D eigenvalue weighted by atomic mass is 10.1. The molecule has 52 heavy (non-hydrogen) atoms. The van der Waals surface area contributed by atoms with Crippen molar-refractivity contribution in [1.29, 1.82) is 0 Å². The fourth-order valence-electron chi connectivity index (χ4n) is 5.94. The van der Waals surface area contributed by atoms with E-state index in [1.807, 2.05) is 0 Å². The number of unbranched alkanes of at least 4 members (excludes halogenated alkanes) is 21. The van der Waals surface area contributed by atoms with Crippen LogP contribution < -0.4 is 0 Å². The fraction of sp³-hybridized carbons (Fsp3) is 0.745. The summed E-state index contributed by atoms with van der Waals surface area (Å²) in [6.07, 6.45) is 55.7. The highest BCUT2D eigenvalue weighted by Gasteiger charge is 2.16. The second kappa shape index (κ2) is 43.0. The molecule has 0 aromatic carbocycles. The van der Waals surface area contributed by atoms with Crippen molar-refractivity contribution in [2.75, 3.05) is 13.2 Å². The normalized spacial score (nSPS) is 12.8. The Bertz CT molecular complexity index is 915. The van der Waals surface area contributed by atoms with Crippen molar-refractivity contribution < 1.29 is 24.2 Å². The number of carbonyl (C=O) groups is 2. The molecule has 0 radical (unpaired) electrons. The summed E-state index contributed by atoms with van der Waals surface area (Å²) in [7, 11) is 0. The highest BCUT2D eigenvalue weighted by Crippen LogP contribution is 2.13. The Morgan fingerprint density at radius 3 is 1.23 bits per heavy atom. The van der Waals surface area contributed by atoms with Crippen molar-refractivity contribution in [2.24, 2.45) is 0 Å². The van der Waals surface area contributed by atoms with Gasteiger partial charge >= 0.3 is 11.9 Å². The lowest BCUT2D eigenvalue weighted by molar-refractivity contribution is -0.161. The summed E-state index contributed by atoms with van der Waals surface area (Å²) in [6, 6.07) is 0. The Morgan fingerprint density at radius 2 is 0.769 bits per heavy atom. The summed E-state index contributed by atoms with van der Waals surface area (Å²) in [5, 5.41) is 9.58. The van der Waals surface area contributed by atoms with Crippen molar-refractivity contribution in [3.05, 3.63) is 60.8 Å². The molecule has 0 saturated heterocycles. The zero-order valence-electron chi connectivity index (χ0n) is 34.1. The van der Waals surface area contributed by atoms with Crippen molar-refractivity contribution in [1.82, 2.24) is 0 Å². The monoisotopic (exact) mass is 727 g/mol. The molecule has 300 valence electrons. The molecule has 0 saturated carbocycles. The number of ether oxygens (including phenoxy) is 2. The minimum absolute atomic E-state index is 0.0845. The van der Waals surface area contributed by atoms with Crippen molar-refractivity contribution in [3.8, 4) is 0 Å². The van der Waals surface area contributed by atoms with E-state index in [-0.39, 0.29) is 25.2 Å². The number of rotatable bonds is 39. The smallest absolute Gasteiger partial charge is 0.306 e. The van der Waals surface area contributed by atoms with Crippen LogP contribution in [-0.4, -0.2) is 36.4 Å². The third-order valence-corrected chi connectivity index (χ3v) is 9.28. The molecule has 0 spiro atoms. The van der Waals surface area contributed by atoms with Gasteiger partial charge in [0.25, 0.3) is 0 Å². The fourth-order valence-corrected chi connectivity index (χ4v) is 5.94. The van der Waals surface area contributed by atoms with Crippen LogP contribution in [-0.2, 0) is 19.1 Å². The minimum Gasteiger partial charge on any atom is -0.462 e. The van der Waals surface area contributed by atoms with E-state index in [0.717, 1.165) is 64.2 Å². The number of aliphatic hydroxyl groups excluding tert-OH is 1. The predicted molar refractivity (Wildman–Crippen MR) is 223 cm³/mol. The third kappa shape index (κ3) is 40.4. The SMILES string of the molecule is CCCCC/C=C/C/C=C/C/C=C/C/C=C/CCCCCC(=O)OC[C@H](CO)OC(=O)CCCCCCCCCCC/C=C/CCCCCCCC. The zero-order chi connectivity index (χ0) is 37.8. The molecule has 0 amide bonds. The summed E-state index contributed by atoms with van der Waals surface area (Å²) in [6.45, 7) is 4.08. The molecule has 0 aliphatic heterocycles. The second-order valence-electron chi connectivity index (χ2n) is 14.4. The molecule has 1 atom stereocenters. The average molecular weight is 727 g/mol. The van der Waals surface area contributed by atoms with Crippen molar-refractivity contribution in [2.45, 2.75) is 213 Å². The second-order valence-corrected chi connectivity index (χ2v) is 14.4. The number of esters is 2. The van der Waals surface area contributed by atoms with Gasteiger partial charge in [0.05, 0.1) is 6.61 Å². The molecular formula is C47H82O5. The van der Waals surface area contributed by atoms with Crippen LogP contribution in [0.4, 0.5) is 0 Å².